The second kappa shape index (κ2) is 12.1. The van der Waals surface area contributed by atoms with E-state index in [0.717, 1.165) is 62.1 Å². The fourth-order valence-electron chi connectivity index (χ4n) is 7.69. The molecular formula is C46H37N5. The molecule has 0 N–H and O–H groups in total. The van der Waals surface area contributed by atoms with Crippen LogP contribution in [0.1, 0.15) is 25.0 Å². The summed E-state index contributed by atoms with van der Waals surface area (Å²) in [4.78, 5) is 7.08. The van der Waals surface area contributed by atoms with Gasteiger partial charge in [-0.05, 0) is 47.0 Å². The Labute approximate surface area is 298 Å². The van der Waals surface area contributed by atoms with E-state index in [2.05, 4.69) is 191 Å². The molecule has 0 unspecified atom stereocenters. The van der Waals surface area contributed by atoms with Crippen LogP contribution in [0.25, 0.3) is 50.7 Å². The van der Waals surface area contributed by atoms with Gasteiger partial charge in [0.2, 0.25) is 0 Å². The smallest absolute Gasteiger partial charge is 0.139 e. The molecule has 1 aliphatic heterocycles. The largest absolute Gasteiger partial charge is 0.334 e. The van der Waals surface area contributed by atoms with Gasteiger partial charge in [0.15, 0.2) is 0 Å². The molecule has 0 saturated heterocycles. The van der Waals surface area contributed by atoms with Crippen LogP contribution < -0.4 is 4.90 Å². The fraction of sp³-hybridized carbons (Fsp3) is 0.0870. The highest BCUT2D eigenvalue weighted by Crippen LogP contribution is 2.53. The number of hydrogen-bond donors (Lipinski definition) is 0. The molecule has 0 aliphatic carbocycles. The molecule has 0 radical (unpaired) electrons. The third kappa shape index (κ3) is 5.09. The number of fused-ring (bicyclic) bond motifs is 2. The van der Waals surface area contributed by atoms with Gasteiger partial charge in [-0.1, -0.05) is 141 Å². The topological polar surface area (TPSA) is 38.9 Å². The first kappa shape index (κ1) is 30.6. The van der Waals surface area contributed by atoms with Crippen LogP contribution in [0.2, 0.25) is 0 Å². The molecule has 0 fully saturated rings. The molecule has 6 aromatic carbocycles. The first-order valence-corrected chi connectivity index (χ1v) is 17.4. The van der Waals surface area contributed by atoms with Crippen molar-refractivity contribution < 1.29 is 0 Å². The van der Waals surface area contributed by atoms with Crippen molar-refractivity contribution in [3.05, 3.63) is 181 Å². The van der Waals surface area contributed by atoms with Gasteiger partial charge in [-0.2, -0.15) is 5.10 Å². The highest BCUT2D eigenvalue weighted by molar-refractivity contribution is 5.93. The first-order chi connectivity index (χ1) is 25.0. The number of anilines is 3. The van der Waals surface area contributed by atoms with Gasteiger partial charge in [0.1, 0.15) is 11.5 Å². The second-order valence-electron chi connectivity index (χ2n) is 13.7. The van der Waals surface area contributed by atoms with Gasteiger partial charge in [-0.3, -0.25) is 0 Å². The maximum absolute atomic E-state index is 5.48. The molecule has 8 aromatic rings. The number of hydrogen-bond acceptors (Lipinski definition) is 3. The summed E-state index contributed by atoms with van der Waals surface area (Å²) in [7, 11) is 2.04. The summed E-state index contributed by atoms with van der Waals surface area (Å²) in [6.45, 7) is 4.66. The maximum Gasteiger partial charge on any atom is 0.139 e. The molecule has 246 valence electrons. The number of nitrogens with zero attached hydrogens (tertiary/aromatic N) is 5. The lowest BCUT2D eigenvalue weighted by atomic mass is 9.73. The predicted molar refractivity (Wildman–Crippen MR) is 209 cm³/mol. The summed E-state index contributed by atoms with van der Waals surface area (Å²) in [6, 6.07) is 56.2. The van der Waals surface area contributed by atoms with E-state index >= 15 is 0 Å². The molecular weight excluding hydrogens is 623 g/mol. The van der Waals surface area contributed by atoms with Crippen LogP contribution in [0, 0.1) is 0 Å². The van der Waals surface area contributed by atoms with Gasteiger partial charge >= 0.3 is 0 Å². The SMILES string of the molecule is Cn1ccnc1-c1cccc(N2c3ccccc3C(C)(C)c3ccc(-n4nc(-c5ccccc5)c(-c5ccccc5)c4-c4ccccc4)cc32)c1. The Balaban J connectivity index is 1.31. The lowest BCUT2D eigenvalue weighted by Crippen LogP contribution is -2.30. The molecule has 5 nitrogen and oxygen atoms in total. The minimum Gasteiger partial charge on any atom is -0.334 e. The molecule has 9 rings (SSSR count). The van der Waals surface area contributed by atoms with E-state index in [0.29, 0.717) is 0 Å². The van der Waals surface area contributed by atoms with Gasteiger partial charge in [-0.25, -0.2) is 9.67 Å². The summed E-state index contributed by atoms with van der Waals surface area (Å²) in [5, 5.41) is 5.48. The lowest BCUT2D eigenvalue weighted by molar-refractivity contribution is 0.631. The number of imidazole rings is 1. The maximum atomic E-state index is 5.48. The van der Waals surface area contributed by atoms with E-state index < -0.39 is 0 Å². The van der Waals surface area contributed by atoms with E-state index in [1.54, 1.807) is 0 Å². The van der Waals surface area contributed by atoms with Gasteiger partial charge in [-0.15, -0.1) is 0 Å². The van der Waals surface area contributed by atoms with Crippen LogP contribution in [-0.2, 0) is 12.5 Å². The molecule has 0 bridgehead atoms. The zero-order valence-corrected chi connectivity index (χ0v) is 28.9. The predicted octanol–water partition coefficient (Wildman–Crippen LogP) is 11.4. The number of para-hydroxylation sites is 1. The Hall–Kier alpha value is -6.46. The van der Waals surface area contributed by atoms with Crippen molar-refractivity contribution in [3.8, 4) is 50.7 Å². The van der Waals surface area contributed by atoms with Crippen molar-refractivity contribution in [1.29, 1.82) is 0 Å². The third-order valence-electron chi connectivity index (χ3n) is 10.2. The Kier molecular flexibility index (Phi) is 7.29. The normalized spacial score (nSPS) is 13.1. The Morgan fingerprint density at radius 2 is 1.16 bits per heavy atom. The summed E-state index contributed by atoms with van der Waals surface area (Å²) < 4.78 is 4.21. The van der Waals surface area contributed by atoms with Crippen molar-refractivity contribution in [2.45, 2.75) is 19.3 Å². The van der Waals surface area contributed by atoms with Gasteiger partial charge in [0, 0.05) is 52.8 Å². The standard InChI is InChI=1S/C46H37N5/c1-46(2)38-24-13-14-25-40(38)50(36-23-15-22-35(30-36)45-47-28-29-49(45)3)41-31-37(26-27-39(41)46)51-44(34-20-11-6-12-21-34)42(32-16-7-4-8-17-32)43(48-51)33-18-9-5-10-19-33/h4-31H,1-3H3. The molecule has 0 spiro atoms. The summed E-state index contributed by atoms with van der Waals surface area (Å²) >= 11 is 0. The first-order valence-electron chi connectivity index (χ1n) is 17.4. The summed E-state index contributed by atoms with van der Waals surface area (Å²) in [5.74, 6) is 0.933. The van der Waals surface area contributed by atoms with Crippen molar-refractivity contribution >= 4 is 17.1 Å². The molecule has 0 saturated carbocycles. The number of benzene rings is 6. The Morgan fingerprint density at radius 3 is 1.86 bits per heavy atom. The summed E-state index contributed by atoms with van der Waals surface area (Å²) in [5.41, 5.74) is 14.2. The van der Waals surface area contributed by atoms with Crippen LogP contribution in [0.15, 0.2) is 170 Å². The monoisotopic (exact) mass is 659 g/mol. The zero-order valence-electron chi connectivity index (χ0n) is 28.9. The van der Waals surface area contributed by atoms with E-state index in [-0.39, 0.29) is 5.41 Å². The van der Waals surface area contributed by atoms with Gasteiger partial charge < -0.3 is 9.47 Å². The number of aryl methyl sites for hydroxylation is 1. The van der Waals surface area contributed by atoms with Crippen LogP contribution in [0.5, 0.6) is 0 Å². The number of aromatic nitrogens is 4. The molecule has 51 heavy (non-hydrogen) atoms. The van der Waals surface area contributed by atoms with Crippen molar-refractivity contribution in [3.63, 3.8) is 0 Å². The molecule has 0 amide bonds. The van der Waals surface area contributed by atoms with Gasteiger partial charge in [0.25, 0.3) is 0 Å². The molecule has 1 aliphatic rings. The highest BCUT2D eigenvalue weighted by atomic mass is 15.3. The molecule has 0 atom stereocenters. The van der Waals surface area contributed by atoms with E-state index in [1.807, 2.05) is 19.4 Å². The van der Waals surface area contributed by atoms with Gasteiger partial charge in [0.05, 0.1) is 22.8 Å². The number of rotatable bonds is 6. The van der Waals surface area contributed by atoms with Crippen LogP contribution in [-0.4, -0.2) is 19.3 Å². The van der Waals surface area contributed by atoms with Crippen molar-refractivity contribution in [1.82, 2.24) is 19.3 Å². The quantitative estimate of drug-likeness (QED) is 0.178. The van der Waals surface area contributed by atoms with Crippen LogP contribution >= 0.6 is 0 Å². The van der Waals surface area contributed by atoms with Crippen molar-refractivity contribution in [2.75, 3.05) is 4.90 Å². The Bertz CT molecular complexity index is 2510. The zero-order chi connectivity index (χ0) is 34.5. The van der Waals surface area contributed by atoms with Crippen LogP contribution in [0.3, 0.4) is 0 Å². The molecule has 5 heteroatoms. The summed E-state index contributed by atoms with van der Waals surface area (Å²) in [6.07, 6.45) is 3.84. The Morgan fingerprint density at radius 1 is 0.529 bits per heavy atom. The average molecular weight is 660 g/mol. The van der Waals surface area contributed by atoms with Crippen LogP contribution in [0.4, 0.5) is 17.1 Å². The lowest BCUT2D eigenvalue weighted by Gasteiger charge is -2.42. The third-order valence-corrected chi connectivity index (χ3v) is 10.2. The average Bonchev–Trinajstić information content (AvgIpc) is 3.80. The van der Waals surface area contributed by atoms with E-state index in [4.69, 9.17) is 5.10 Å². The minimum absolute atomic E-state index is 0.227. The fourth-order valence-corrected chi connectivity index (χ4v) is 7.69. The molecule has 2 aromatic heterocycles. The highest BCUT2D eigenvalue weighted by Gasteiger charge is 2.37. The minimum atomic E-state index is -0.227. The van der Waals surface area contributed by atoms with Crippen molar-refractivity contribution in [2.24, 2.45) is 7.05 Å². The van der Waals surface area contributed by atoms with E-state index in [9.17, 15) is 0 Å². The molecule has 3 heterocycles. The second-order valence-corrected chi connectivity index (χ2v) is 13.7. The van der Waals surface area contributed by atoms with E-state index in [1.165, 1.54) is 16.8 Å².